The lowest BCUT2D eigenvalue weighted by Gasteiger charge is -2.28. The summed E-state index contributed by atoms with van der Waals surface area (Å²) in [4.78, 5) is 14.7. The van der Waals surface area contributed by atoms with Gasteiger partial charge in [0, 0.05) is 36.8 Å². The predicted molar refractivity (Wildman–Crippen MR) is 123 cm³/mol. The van der Waals surface area contributed by atoms with Gasteiger partial charge in [0.15, 0.2) is 5.69 Å². The van der Waals surface area contributed by atoms with Crippen LogP contribution in [0.4, 0.5) is 10.5 Å². The molecule has 0 bridgehead atoms. The number of carbonyl (C=O) groups is 1. The monoisotopic (exact) mass is 444 g/mol. The number of para-hydroxylation sites is 2. The van der Waals surface area contributed by atoms with Crippen molar-refractivity contribution in [1.82, 2.24) is 24.9 Å². The number of ether oxygens (including phenoxy) is 1. The lowest BCUT2D eigenvalue weighted by molar-refractivity contribution is 0.205. The molecule has 5 rings (SSSR count). The standard InChI is InChI=1S/C24H24N6O3/c1-15-8-10-16(11-9-15)22-26-27-23(33-22)21-17-14-30(13-12-19(17)29(2)28-21)24(31)25-18-6-4-5-7-20(18)32-3/h4-11H,12-14H2,1-3H3,(H,25,31). The molecule has 0 fully saturated rings. The molecule has 1 N–H and O–H groups in total. The van der Waals surface area contributed by atoms with Crippen LogP contribution in [0.5, 0.6) is 5.75 Å². The van der Waals surface area contributed by atoms with Gasteiger partial charge in [-0.05, 0) is 31.2 Å². The van der Waals surface area contributed by atoms with E-state index in [1.54, 1.807) is 12.0 Å². The molecule has 0 aliphatic carbocycles. The minimum absolute atomic E-state index is 0.203. The molecule has 168 valence electrons. The molecular weight excluding hydrogens is 420 g/mol. The molecule has 0 saturated carbocycles. The number of rotatable bonds is 4. The van der Waals surface area contributed by atoms with Crippen molar-refractivity contribution in [2.45, 2.75) is 19.9 Å². The van der Waals surface area contributed by atoms with Gasteiger partial charge >= 0.3 is 6.03 Å². The van der Waals surface area contributed by atoms with Gasteiger partial charge in [-0.2, -0.15) is 5.10 Å². The van der Waals surface area contributed by atoms with Crippen molar-refractivity contribution < 1.29 is 13.9 Å². The zero-order chi connectivity index (χ0) is 22.9. The minimum atomic E-state index is -0.203. The highest BCUT2D eigenvalue weighted by atomic mass is 16.5. The van der Waals surface area contributed by atoms with Gasteiger partial charge in [-0.15, -0.1) is 10.2 Å². The topological polar surface area (TPSA) is 98.3 Å². The maximum atomic E-state index is 13.0. The quantitative estimate of drug-likeness (QED) is 0.510. The van der Waals surface area contributed by atoms with Crippen LogP contribution in [0.1, 0.15) is 16.8 Å². The zero-order valence-corrected chi connectivity index (χ0v) is 18.7. The molecule has 2 amide bonds. The lowest BCUT2D eigenvalue weighted by atomic mass is 10.1. The van der Waals surface area contributed by atoms with E-state index in [4.69, 9.17) is 9.15 Å². The van der Waals surface area contributed by atoms with Crippen LogP contribution < -0.4 is 10.1 Å². The van der Waals surface area contributed by atoms with Crippen molar-refractivity contribution in [3.8, 4) is 28.8 Å². The summed E-state index contributed by atoms with van der Waals surface area (Å²) in [6.07, 6.45) is 0.678. The molecule has 2 aromatic carbocycles. The molecule has 9 heteroatoms. The Kier molecular flexibility index (Phi) is 5.29. The molecule has 0 atom stereocenters. The van der Waals surface area contributed by atoms with Gasteiger partial charge in [0.1, 0.15) is 5.75 Å². The summed E-state index contributed by atoms with van der Waals surface area (Å²) in [5, 5.41) is 16.0. The van der Waals surface area contributed by atoms with E-state index >= 15 is 0 Å². The van der Waals surface area contributed by atoms with Crippen LogP contribution in [-0.4, -0.2) is 44.6 Å². The van der Waals surface area contributed by atoms with Crippen molar-refractivity contribution in [3.63, 3.8) is 0 Å². The van der Waals surface area contributed by atoms with Crippen molar-refractivity contribution >= 4 is 11.7 Å². The van der Waals surface area contributed by atoms with E-state index < -0.39 is 0 Å². The predicted octanol–water partition coefficient (Wildman–Crippen LogP) is 4.04. The fourth-order valence-electron chi connectivity index (χ4n) is 4.01. The number of aromatic nitrogens is 4. The number of nitrogens with zero attached hydrogens (tertiary/aromatic N) is 5. The van der Waals surface area contributed by atoms with Gasteiger partial charge in [-0.25, -0.2) is 4.79 Å². The Bertz CT molecular complexity index is 1310. The fraction of sp³-hybridized carbons (Fsp3) is 0.250. The van der Waals surface area contributed by atoms with Crippen LogP contribution in [0.3, 0.4) is 0 Å². The SMILES string of the molecule is COc1ccccc1NC(=O)N1CCc2c(c(-c3nnc(-c4ccc(C)cc4)o3)nn2C)C1. The normalized spacial score (nSPS) is 13.0. The highest BCUT2D eigenvalue weighted by molar-refractivity contribution is 5.91. The number of hydrogen-bond acceptors (Lipinski definition) is 6. The van der Waals surface area contributed by atoms with Crippen molar-refractivity contribution in [2.24, 2.45) is 7.05 Å². The van der Waals surface area contributed by atoms with E-state index in [1.165, 1.54) is 0 Å². The second kappa shape index (κ2) is 8.42. The van der Waals surface area contributed by atoms with Crippen LogP contribution in [-0.2, 0) is 20.0 Å². The summed E-state index contributed by atoms with van der Waals surface area (Å²) in [5.74, 6) is 1.39. The molecular formula is C24H24N6O3. The summed E-state index contributed by atoms with van der Waals surface area (Å²) >= 11 is 0. The number of nitrogens with one attached hydrogen (secondary N) is 1. The number of aryl methyl sites for hydroxylation is 2. The first-order valence-corrected chi connectivity index (χ1v) is 10.7. The zero-order valence-electron chi connectivity index (χ0n) is 18.7. The third-order valence-electron chi connectivity index (χ3n) is 5.80. The van der Waals surface area contributed by atoms with Crippen LogP contribution in [0.25, 0.3) is 23.0 Å². The molecule has 33 heavy (non-hydrogen) atoms. The van der Waals surface area contributed by atoms with Crippen LogP contribution >= 0.6 is 0 Å². The average Bonchev–Trinajstić information content (AvgIpc) is 3.44. The molecule has 1 aliphatic heterocycles. The van der Waals surface area contributed by atoms with Gasteiger partial charge in [0.25, 0.3) is 5.89 Å². The minimum Gasteiger partial charge on any atom is -0.495 e. The van der Waals surface area contributed by atoms with Gasteiger partial charge in [0.05, 0.1) is 19.3 Å². The molecule has 1 aliphatic rings. The second-order valence-electron chi connectivity index (χ2n) is 7.98. The number of carbonyl (C=O) groups excluding carboxylic acids is 1. The van der Waals surface area contributed by atoms with E-state index in [0.29, 0.717) is 48.4 Å². The number of anilines is 1. The van der Waals surface area contributed by atoms with E-state index in [0.717, 1.165) is 22.4 Å². The molecule has 0 spiro atoms. The number of urea groups is 1. The van der Waals surface area contributed by atoms with Gasteiger partial charge in [-0.3, -0.25) is 4.68 Å². The van der Waals surface area contributed by atoms with Crippen molar-refractivity contribution in [2.75, 3.05) is 19.0 Å². The number of fused-ring (bicyclic) bond motifs is 1. The first kappa shape index (κ1) is 20.7. The average molecular weight is 444 g/mol. The first-order chi connectivity index (χ1) is 16.0. The summed E-state index contributed by atoms with van der Waals surface area (Å²) in [7, 11) is 3.47. The number of methoxy groups -OCH3 is 1. The third kappa shape index (κ3) is 3.93. The molecule has 0 radical (unpaired) electrons. The number of amides is 2. The Balaban J connectivity index is 1.40. The van der Waals surface area contributed by atoms with Crippen molar-refractivity contribution in [3.05, 3.63) is 65.4 Å². The van der Waals surface area contributed by atoms with E-state index in [2.05, 4.69) is 20.6 Å². The van der Waals surface area contributed by atoms with Gasteiger partial charge in [0.2, 0.25) is 5.89 Å². The highest BCUT2D eigenvalue weighted by Crippen LogP contribution is 2.31. The largest absolute Gasteiger partial charge is 0.495 e. The van der Waals surface area contributed by atoms with E-state index in [9.17, 15) is 4.79 Å². The Labute approximate surface area is 191 Å². The summed E-state index contributed by atoms with van der Waals surface area (Å²) in [6, 6.07) is 15.0. The Morgan fingerprint density at radius 2 is 1.85 bits per heavy atom. The second-order valence-corrected chi connectivity index (χ2v) is 7.98. The van der Waals surface area contributed by atoms with E-state index in [1.807, 2.05) is 67.2 Å². The summed E-state index contributed by atoms with van der Waals surface area (Å²) in [5.41, 5.74) is 5.21. The third-order valence-corrected chi connectivity index (χ3v) is 5.80. The maximum absolute atomic E-state index is 13.0. The number of hydrogen-bond donors (Lipinski definition) is 1. The Morgan fingerprint density at radius 1 is 1.09 bits per heavy atom. The van der Waals surface area contributed by atoms with Gasteiger partial charge in [-0.1, -0.05) is 29.8 Å². The maximum Gasteiger partial charge on any atom is 0.322 e. The summed E-state index contributed by atoms with van der Waals surface area (Å²) in [6.45, 7) is 2.99. The highest BCUT2D eigenvalue weighted by Gasteiger charge is 2.29. The molecule has 2 aromatic heterocycles. The van der Waals surface area contributed by atoms with Crippen LogP contribution in [0.15, 0.2) is 52.9 Å². The van der Waals surface area contributed by atoms with Crippen LogP contribution in [0.2, 0.25) is 0 Å². The fourth-order valence-corrected chi connectivity index (χ4v) is 4.01. The lowest BCUT2D eigenvalue weighted by Crippen LogP contribution is -2.39. The molecule has 0 saturated heterocycles. The molecule has 4 aromatic rings. The Morgan fingerprint density at radius 3 is 2.64 bits per heavy atom. The Hall–Kier alpha value is -4.14. The van der Waals surface area contributed by atoms with Crippen molar-refractivity contribution in [1.29, 1.82) is 0 Å². The number of benzene rings is 2. The molecule has 3 heterocycles. The summed E-state index contributed by atoms with van der Waals surface area (Å²) < 4.78 is 13.1. The first-order valence-electron chi connectivity index (χ1n) is 10.7. The van der Waals surface area contributed by atoms with E-state index in [-0.39, 0.29) is 6.03 Å². The van der Waals surface area contributed by atoms with Crippen LogP contribution in [0, 0.1) is 6.92 Å². The molecule has 0 unspecified atom stereocenters. The molecule has 9 nitrogen and oxygen atoms in total. The smallest absolute Gasteiger partial charge is 0.322 e. The van der Waals surface area contributed by atoms with Gasteiger partial charge < -0.3 is 19.4 Å².